The van der Waals surface area contributed by atoms with Gasteiger partial charge in [0, 0.05) is 11.6 Å². The van der Waals surface area contributed by atoms with Crippen molar-refractivity contribution in [1.29, 1.82) is 0 Å². The van der Waals surface area contributed by atoms with Crippen LogP contribution in [-0.2, 0) is 6.42 Å². The van der Waals surface area contributed by atoms with Crippen LogP contribution >= 0.6 is 23.2 Å². The summed E-state index contributed by atoms with van der Waals surface area (Å²) in [6, 6.07) is 7.67. The molecule has 1 heterocycles. The molecule has 94 valence electrons. The lowest BCUT2D eigenvalue weighted by atomic mass is 10.1. The van der Waals surface area contributed by atoms with Gasteiger partial charge < -0.3 is 11.1 Å². The molecular weight excluding hydrogens is 273 g/mol. The topological polar surface area (TPSA) is 76.7 Å². The smallest absolute Gasteiger partial charge is 0.228 e. The highest BCUT2D eigenvalue weighted by Crippen LogP contribution is 2.11. The van der Waals surface area contributed by atoms with Crippen LogP contribution in [0, 0.1) is 0 Å². The van der Waals surface area contributed by atoms with Crippen LogP contribution in [0.3, 0.4) is 0 Å². The highest BCUT2D eigenvalue weighted by molar-refractivity contribution is 6.30. The first-order valence-electron chi connectivity index (χ1n) is 5.29. The summed E-state index contributed by atoms with van der Waals surface area (Å²) in [5, 5.41) is 3.82. The van der Waals surface area contributed by atoms with E-state index >= 15 is 0 Å². The zero-order valence-corrected chi connectivity index (χ0v) is 10.9. The lowest BCUT2D eigenvalue weighted by molar-refractivity contribution is 0.968. The second-order valence-electron chi connectivity index (χ2n) is 3.59. The van der Waals surface area contributed by atoms with Gasteiger partial charge in [0.25, 0.3) is 0 Å². The zero-order valence-electron chi connectivity index (χ0n) is 9.40. The number of aromatic nitrogens is 3. The number of nitrogens with two attached hydrogens (primary N) is 1. The number of anilines is 2. The molecule has 0 fully saturated rings. The third kappa shape index (κ3) is 3.72. The molecule has 0 radical (unpaired) electrons. The van der Waals surface area contributed by atoms with E-state index in [1.54, 1.807) is 0 Å². The molecule has 0 amide bonds. The summed E-state index contributed by atoms with van der Waals surface area (Å²) < 4.78 is 0. The summed E-state index contributed by atoms with van der Waals surface area (Å²) in [4.78, 5) is 11.5. The molecule has 1 aromatic heterocycles. The molecule has 5 nitrogen and oxygen atoms in total. The highest BCUT2D eigenvalue weighted by Gasteiger charge is 2.01. The summed E-state index contributed by atoms with van der Waals surface area (Å²) in [6.07, 6.45) is 0.795. The van der Waals surface area contributed by atoms with E-state index in [1.807, 2.05) is 24.3 Å². The summed E-state index contributed by atoms with van der Waals surface area (Å²) in [5.74, 6) is 0.467. The number of halogens is 2. The van der Waals surface area contributed by atoms with E-state index in [1.165, 1.54) is 0 Å². The van der Waals surface area contributed by atoms with Crippen molar-refractivity contribution >= 4 is 35.1 Å². The Labute approximate surface area is 114 Å². The third-order valence-corrected chi connectivity index (χ3v) is 2.62. The molecule has 0 aliphatic rings. The van der Waals surface area contributed by atoms with Gasteiger partial charge in [0.05, 0.1) is 0 Å². The number of benzene rings is 1. The Hall–Kier alpha value is -1.59. The van der Waals surface area contributed by atoms with Crippen LogP contribution in [0.4, 0.5) is 11.9 Å². The zero-order chi connectivity index (χ0) is 13.0. The summed E-state index contributed by atoms with van der Waals surface area (Å²) in [6.45, 7) is 0.653. The maximum absolute atomic E-state index is 5.89. The van der Waals surface area contributed by atoms with E-state index in [4.69, 9.17) is 28.9 Å². The number of nitrogens with zero attached hydrogens (tertiary/aromatic N) is 3. The van der Waals surface area contributed by atoms with Crippen molar-refractivity contribution in [2.45, 2.75) is 6.42 Å². The number of nitrogen functional groups attached to an aromatic ring is 1. The Morgan fingerprint density at radius 2 is 2.00 bits per heavy atom. The van der Waals surface area contributed by atoms with Gasteiger partial charge in [-0.1, -0.05) is 23.7 Å². The standard InChI is InChI=1S/C11H11Cl2N5/c12-8-3-1-2-7(6-8)4-5-15-11-17-9(13)16-10(14)18-11/h1-3,6H,4-5H2,(H3,14,15,16,17,18). The van der Waals surface area contributed by atoms with Gasteiger partial charge in [-0.25, -0.2) is 0 Å². The monoisotopic (exact) mass is 283 g/mol. The number of hydrogen-bond donors (Lipinski definition) is 2. The SMILES string of the molecule is Nc1nc(Cl)nc(NCCc2cccc(Cl)c2)n1. The van der Waals surface area contributed by atoms with Gasteiger partial charge in [0.2, 0.25) is 17.2 Å². The fraction of sp³-hybridized carbons (Fsp3) is 0.182. The second kappa shape index (κ2) is 5.84. The average molecular weight is 284 g/mol. The molecule has 1 aromatic carbocycles. The molecule has 0 unspecified atom stereocenters. The third-order valence-electron chi connectivity index (χ3n) is 2.21. The maximum Gasteiger partial charge on any atom is 0.228 e. The van der Waals surface area contributed by atoms with Crippen LogP contribution in [-0.4, -0.2) is 21.5 Å². The molecule has 0 spiro atoms. The molecule has 0 aliphatic carbocycles. The minimum absolute atomic E-state index is 0.0766. The van der Waals surface area contributed by atoms with E-state index in [9.17, 15) is 0 Å². The van der Waals surface area contributed by atoms with Crippen LogP contribution < -0.4 is 11.1 Å². The van der Waals surface area contributed by atoms with E-state index in [-0.39, 0.29) is 11.2 Å². The Kier molecular flexibility index (Phi) is 4.17. The summed E-state index contributed by atoms with van der Waals surface area (Å²) in [7, 11) is 0. The minimum Gasteiger partial charge on any atom is -0.368 e. The fourth-order valence-corrected chi connectivity index (χ4v) is 1.84. The maximum atomic E-state index is 5.89. The molecule has 0 saturated carbocycles. The highest BCUT2D eigenvalue weighted by atomic mass is 35.5. The van der Waals surface area contributed by atoms with Crippen molar-refractivity contribution in [3.63, 3.8) is 0 Å². The van der Waals surface area contributed by atoms with E-state index in [2.05, 4.69) is 20.3 Å². The second-order valence-corrected chi connectivity index (χ2v) is 4.37. The van der Waals surface area contributed by atoms with Crippen LogP contribution in [0.2, 0.25) is 10.3 Å². The minimum atomic E-state index is 0.0766. The van der Waals surface area contributed by atoms with Gasteiger partial charge in [-0.05, 0) is 35.7 Å². The van der Waals surface area contributed by atoms with Crippen molar-refractivity contribution in [3.8, 4) is 0 Å². The van der Waals surface area contributed by atoms with Gasteiger partial charge in [-0.15, -0.1) is 0 Å². The van der Waals surface area contributed by atoms with Crippen LogP contribution in [0.1, 0.15) is 5.56 Å². The van der Waals surface area contributed by atoms with Gasteiger partial charge in [0.15, 0.2) is 0 Å². The molecule has 0 saturated heterocycles. The van der Waals surface area contributed by atoms with E-state index in [0.717, 1.165) is 17.0 Å². The largest absolute Gasteiger partial charge is 0.368 e. The first-order valence-corrected chi connectivity index (χ1v) is 6.04. The lowest BCUT2D eigenvalue weighted by Gasteiger charge is -2.05. The molecule has 7 heteroatoms. The predicted molar refractivity (Wildman–Crippen MR) is 72.9 cm³/mol. The van der Waals surface area contributed by atoms with Crippen LogP contribution in [0.5, 0.6) is 0 Å². The number of rotatable bonds is 4. The molecular formula is C11H11Cl2N5. The van der Waals surface area contributed by atoms with Crippen molar-refractivity contribution in [2.75, 3.05) is 17.6 Å². The van der Waals surface area contributed by atoms with Crippen LogP contribution in [0.25, 0.3) is 0 Å². The lowest BCUT2D eigenvalue weighted by Crippen LogP contribution is -2.10. The number of hydrogen-bond acceptors (Lipinski definition) is 5. The van der Waals surface area contributed by atoms with Gasteiger partial charge in [0.1, 0.15) is 0 Å². The Morgan fingerprint density at radius 3 is 2.72 bits per heavy atom. The number of nitrogens with one attached hydrogen (secondary N) is 1. The van der Waals surface area contributed by atoms with Crippen LogP contribution in [0.15, 0.2) is 24.3 Å². The molecule has 2 aromatic rings. The first-order chi connectivity index (χ1) is 8.63. The van der Waals surface area contributed by atoms with Gasteiger partial charge in [-0.3, -0.25) is 0 Å². The summed E-state index contributed by atoms with van der Waals surface area (Å²) in [5.41, 5.74) is 6.59. The van der Waals surface area contributed by atoms with E-state index < -0.39 is 0 Å². The van der Waals surface area contributed by atoms with Crippen molar-refractivity contribution in [2.24, 2.45) is 0 Å². The molecule has 2 rings (SSSR count). The van der Waals surface area contributed by atoms with Crippen molar-refractivity contribution in [1.82, 2.24) is 15.0 Å². The molecule has 0 aliphatic heterocycles. The van der Waals surface area contributed by atoms with Crippen molar-refractivity contribution < 1.29 is 0 Å². The van der Waals surface area contributed by atoms with E-state index in [0.29, 0.717) is 12.5 Å². The Balaban J connectivity index is 1.92. The van der Waals surface area contributed by atoms with Crippen molar-refractivity contribution in [3.05, 3.63) is 40.1 Å². The summed E-state index contributed by atoms with van der Waals surface area (Å²) >= 11 is 11.6. The average Bonchev–Trinajstić information content (AvgIpc) is 2.27. The Bertz CT molecular complexity index is 526. The molecule has 0 atom stereocenters. The Morgan fingerprint density at radius 1 is 1.17 bits per heavy atom. The molecule has 3 N–H and O–H groups in total. The molecule has 18 heavy (non-hydrogen) atoms. The normalized spacial score (nSPS) is 10.3. The van der Waals surface area contributed by atoms with Gasteiger partial charge in [-0.2, -0.15) is 15.0 Å². The fourth-order valence-electron chi connectivity index (χ4n) is 1.46. The van der Waals surface area contributed by atoms with Gasteiger partial charge >= 0.3 is 0 Å². The predicted octanol–water partition coefficient (Wildman–Crippen LogP) is 2.42. The molecule has 0 bridgehead atoms. The quantitative estimate of drug-likeness (QED) is 0.901. The first kappa shape index (κ1) is 12.9.